The van der Waals surface area contributed by atoms with Crippen molar-refractivity contribution in [1.82, 2.24) is 15.2 Å². The topological polar surface area (TPSA) is 86.7 Å². The van der Waals surface area contributed by atoms with E-state index in [-0.39, 0.29) is 5.91 Å². The molecule has 0 unspecified atom stereocenters. The van der Waals surface area contributed by atoms with E-state index < -0.39 is 6.23 Å². The van der Waals surface area contributed by atoms with Gasteiger partial charge in [0, 0.05) is 18.2 Å². The van der Waals surface area contributed by atoms with Crippen LogP contribution < -0.4 is 19.1 Å². The van der Waals surface area contributed by atoms with Gasteiger partial charge in [0.2, 0.25) is 23.2 Å². The lowest BCUT2D eigenvalue weighted by Crippen LogP contribution is -2.36. The number of nitrogens with zero attached hydrogens (tertiary/aromatic N) is 4. The summed E-state index contributed by atoms with van der Waals surface area (Å²) in [6, 6.07) is 11.4. The number of benzene rings is 2. The highest BCUT2D eigenvalue weighted by atomic mass is 32.2. The molecule has 0 spiro atoms. The minimum absolute atomic E-state index is 0.192. The molecule has 0 N–H and O–H groups in total. The third kappa shape index (κ3) is 5.26. The van der Waals surface area contributed by atoms with Gasteiger partial charge in [-0.1, -0.05) is 38.6 Å². The molecule has 8 nitrogen and oxygen atoms in total. The Balaban J connectivity index is 1.91. The van der Waals surface area contributed by atoms with Crippen LogP contribution in [-0.2, 0) is 11.2 Å². The van der Waals surface area contributed by atoms with E-state index in [0.29, 0.717) is 45.4 Å². The molecule has 0 saturated carbocycles. The summed E-state index contributed by atoms with van der Waals surface area (Å²) < 4.78 is 17.6. The first-order valence-corrected chi connectivity index (χ1v) is 13.0. The minimum atomic E-state index is -0.856. The van der Waals surface area contributed by atoms with Gasteiger partial charge in [0.1, 0.15) is 11.5 Å². The van der Waals surface area contributed by atoms with Gasteiger partial charge in [-0.3, -0.25) is 9.69 Å². The predicted molar refractivity (Wildman–Crippen MR) is 141 cm³/mol. The van der Waals surface area contributed by atoms with Gasteiger partial charge < -0.3 is 14.2 Å². The molecule has 3 aromatic rings. The van der Waals surface area contributed by atoms with Crippen molar-refractivity contribution in [2.24, 2.45) is 5.92 Å². The number of fused-ring (bicyclic) bond motifs is 3. The maximum Gasteiger partial charge on any atom is 0.247 e. The standard InChI is InChI=1S/C27H32N4O4S/c1-7-18-8-10-22-20(14-18)24-25(28-27(30-29-24)36-13-12-16(2)3)35-26(31(22)17(4)32)21-15-19(33-5)9-11-23(21)34-6/h8-11,14-16,26H,7,12-13H2,1-6H3/t26-/m1/s1. The molecule has 1 amide bonds. The van der Waals surface area contributed by atoms with Gasteiger partial charge in [0.05, 0.1) is 25.5 Å². The van der Waals surface area contributed by atoms with Crippen molar-refractivity contribution >= 4 is 23.4 Å². The highest BCUT2D eigenvalue weighted by molar-refractivity contribution is 7.99. The van der Waals surface area contributed by atoms with Crippen LogP contribution in [0.1, 0.15) is 51.5 Å². The fourth-order valence-corrected chi connectivity index (χ4v) is 5.07. The molecule has 0 radical (unpaired) electrons. The van der Waals surface area contributed by atoms with Crippen LogP contribution in [0.5, 0.6) is 17.4 Å². The van der Waals surface area contributed by atoms with Crippen LogP contribution in [0, 0.1) is 5.92 Å². The summed E-state index contributed by atoms with van der Waals surface area (Å²) in [5.41, 5.74) is 3.67. The second kappa shape index (κ2) is 11.2. The van der Waals surface area contributed by atoms with Gasteiger partial charge in [-0.15, -0.1) is 10.2 Å². The average Bonchev–Trinajstić information content (AvgIpc) is 3.01. The smallest absolute Gasteiger partial charge is 0.247 e. The summed E-state index contributed by atoms with van der Waals surface area (Å²) in [7, 11) is 3.18. The number of aryl methyl sites for hydroxylation is 1. The monoisotopic (exact) mass is 508 g/mol. The molecule has 0 saturated heterocycles. The van der Waals surface area contributed by atoms with Crippen LogP contribution in [-0.4, -0.2) is 41.1 Å². The Labute approximate surface area is 216 Å². The van der Waals surface area contributed by atoms with Crippen LogP contribution in [0.4, 0.5) is 5.69 Å². The van der Waals surface area contributed by atoms with Crippen molar-refractivity contribution in [2.45, 2.75) is 51.9 Å². The van der Waals surface area contributed by atoms with Crippen molar-refractivity contribution < 1.29 is 19.0 Å². The van der Waals surface area contributed by atoms with Crippen LogP contribution in [0.25, 0.3) is 11.3 Å². The van der Waals surface area contributed by atoms with E-state index in [4.69, 9.17) is 19.2 Å². The minimum Gasteiger partial charge on any atom is -0.497 e. The normalized spacial score (nSPS) is 14.5. The molecule has 1 atom stereocenters. The maximum absolute atomic E-state index is 13.1. The van der Waals surface area contributed by atoms with Gasteiger partial charge in [-0.2, -0.15) is 4.98 Å². The Morgan fingerprint density at radius 1 is 1.14 bits per heavy atom. The highest BCUT2D eigenvalue weighted by Crippen LogP contribution is 2.46. The number of rotatable bonds is 8. The number of hydrogen-bond donors (Lipinski definition) is 0. The molecule has 36 heavy (non-hydrogen) atoms. The van der Waals surface area contributed by atoms with E-state index in [1.807, 2.05) is 24.3 Å². The third-order valence-electron chi connectivity index (χ3n) is 6.05. The van der Waals surface area contributed by atoms with E-state index in [0.717, 1.165) is 29.7 Å². The zero-order valence-corrected chi connectivity index (χ0v) is 22.4. The molecule has 1 aliphatic heterocycles. The van der Waals surface area contributed by atoms with E-state index in [9.17, 15) is 4.79 Å². The van der Waals surface area contributed by atoms with Gasteiger partial charge in [0.15, 0.2) is 5.69 Å². The number of ether oxygens (including phenoxy) is 3. The van der Waals surface area contributed by atoms with Gasteiger partial charge in [-0.25, -0.2) is 0 Å². The second-order valence-corrected chi connectivity index (χ2v) is 10.0. The summed E-state index contributed by atoms with van der Waals surface area (Å²) in [6.07, 6.45) is 1.02. The molecule has 190 valence electrons. The highest BCUT2D eigenvalue weighted by Gasteiger charge is 2.36. The maximum atomic E-state index is 13.1. The first kappa shape index (κ1) is 25.8. The number of aromatic nitrogens is 3. The van der Waals surface area contributed by atoms with E-state index >= 15 is 0 Å². The van der Waals surface area contributed by atoms with Crippen molar-refractivity contribution in [1.29, 1.82) is 0 Å². The molecule has 2 aromatic carbocycles. The molecule has 0 bridgehead atoms. The number of hydrogen-bond acceptors (Lipinski definition) is 8. The quantitative estimate of drug-likeness (QED) is 0.358. The van der Waals surface area contributed by atoms with Crippen molar-refractivity contribution in [2.75, 3.05) is 24.9 Å². The molecule has 2 heterocycles. The lowest BCUT2D eigenvalue weighted by molar-refractivity contribution is -0.118. The molecular formula is C27H32N4O4S. The zero-order chi connectivity index (χ0) is 25.8. The van der Waals surface area contributed by atoms with Gasteiger partial charge >= 0.3 is 0 Å². The molecular weight excluding hydrogens is 476 g/mol. The number of amides is 1. The van der Waals surface area contributed by atoms with Crippen LogP contribution in [0.3, 0.4) is 0 Å². The molecule has 4 rings (SSSR count). The number of methoxy groups -OCH3 is 2. The summed E-state index contributed by atoms with van der Waals surface area (Å²) in [6.45, 7) is 7.97. The van der Waals surface area contributed by atoms with E-state index in [1.54, 1.807) is 43.0 Å². The Hall–Kier alpha value is -3.33. The average molecular weight is 509 g/mol. The van der Waals surface area contributed by atoms with Gasteiger partial charge in [0.25, 0.3) is 0 Å². The first-order valence-electron chi connectivity index (χ1n) is 12.0. The second-order valence-electron chi connectivity index (χ2n) is 8.95. The van der Waals surface area contributed by atoms with Crippen LogP contribution in [0.15, 0.2) is 41.6 Å². The zero-order valence-electron chi connectivity index (χ0n) is 21.6. The fourth-order valence-electron chi connectivity index (χ4n) is 4.05. The summed E-state index contributed by atoms with van der Waals surface area (Å²) >= 11 is 1.55. The number of carbonyl (C=O) groups excluding carboxylic acids is 1. The number of anilines is 1. The van der Waals surface area contributed by atoms with E-state index in [2.05, 4.69) is 31.0 Å². The lowest BCUT2D eigenvalue weighted by atomic mass is 10.0. The molecule has 9 heteroatoms. The summed E-state index contributed by atoms with van der Waals surface area (Å²) in [4.78, 5) is 19.5. The van der Waals surface area contributed by atoms with Gasteiger partial charge in [-0.05, 0) is 54.7 Å². The van der Waals surface area contributed by atoms with E-state index in [1.165, 1.54) is 6.92 Å². The fraction of sp³-hybridized carbons (Fsp3) is 0.407. The Morgan fingerprint density at radius 3 is 2.61 bits per heavy atom. The van der Waals surface area contributed by atoms with Crippen molar-refractivity contribution in [3.05, 3.63) is 47.5 Å². The SMILES string of the molecule is CCc1ccc2c(c1)-c1nnc(SCCC(C)C)nc1O[C@H](c1cc(OC)ccc1OC)N2C(C)=O. The summed E-state index contributed by atoms with van der Waals surface area (Å²) in [5.74, 6) is 2.77. The van der Waals surface area contributed by atoms with Crippen LogP contribution in [0.2, 0.25) is 0 Å². The number of carbonyl (C=O) groups is 1. The molecule has 0 aliphatic carbocycles. The third-order valence-corrected chi connectivity index (χ3v) is 6.92. The van der Waals surface area contributed by atoms with Crippen molar-refractivity contribution in [3.63, 3.8) is 0 Å². The predicted octanol–water partition coefficient (Wildman–Crippen LogP) is 5.70. The lowest BCUT2D eigenvalue weighted by Gasteiger charge is -2.31. The molecule has 1 aliphatic rings. The Bertz CT molecular complexity index is 1250. The molecule has 1 aromatic heterocycles. The summed E-state index contributed by atoms with van der Waals surface area (Å²) in [5, 5.41) is 9.46. The number of thioether (sulfide) groups is 1. The molecule has 0 fully saturated rings. The Kier molecular flexibility index (Phi) is 7.98. The van der Waals surface area contributed by atoms with Crippen molar-refractivity contribution in [3.8, 4) is 28.6 Å². The Morgan fingerprint density at radius 2 is 1.94 bits per heavy atom. The largest absolute Gasteiger partial charge is 0.497 e. The first-order chi connectivity index (χ1) is 17.4. The van der Waals surface area contributed by atoms with Crippen LogP contribution >= 0.6 is 11.8 Å².